The van der Waals surface area contributed by atoms with E-state index in [1.165, 1.54) is 6.92 Å². The summed E-state index contributed by atoms with van der Waals surface area (Å²) in [6, 6.07) is -2.48. The molecule has 0 aromatic rings. The highest BCUT2D eigenvalue weighted by molar-refractivity contribution is 5.73. The average molecular weight is 382 g/mol. The minimum absolute atomic E-state index is 0.539. The summed E-state index contributed by atoms with van der Waals surface area (Å²) in [7, 11) is 0. The molecule has 0 aromatic carbocycles. The summed E-state index contributed by atoms with van der Waals surface area (Å²) in [4.78, 5) is 11.3. The summed E-state index contributed by atoms with van der Waals surface area (Å²) in [5, 5.41) is 61.1. The number of nitrogens with two attached hydrogens (primary N) is 1. The van der Waals surface area contributed by atoms with Gasteiger partial charge in [-0.15, -0.1) is 0 Å². The maximum Gasteiger partial charge on any atom is 0.217 e. The molecule has 0 aromatic heterocycles. The Labute approximate surface area is 149 Å². The van der Waals surface area contributed by atoms with Crippen LogP contribution in [0.3, 0.4) is 0 Å². The SMILES string of the molecule is CC(=O)N[C@@H]1[C@@H](O)[C@H](O[C@@H]2O[C@H](CO)[C@@H](O)[C@H](O)[C@H]2N)[C@@H](CO)O[C@@H]1O. The molecule has 152 valence electrons. The number of carbonyl (C=O) groups is 1. The van der Waals surface area contributed by atoms with Crippen molar-refractivity contribution in [2.45, 2.75) is 68.2 Å². The number of hydrogen-bond donors (Lipinski definition) is 8. The number of ether oxygens (including phenoxy) is 3. The minimum Gasteiger partial charge on any atom is -0.394 e. The fourth-order valence-electron chi connectivity index (χ4n) is 3.02. The lowest BCUT2D eigenvalue weighted by atomic mass is 9.95. The van der Waals surface area contributed by atoms with Gasteiger partial charge in [0.25, 0.3) is 0 Å². The second-order valence-corrected chi connectivity index (χ2v) is 6.35. The van der Waals surface area contributed by atoms with Crippen LogP contribution in [0.5, 0.6) is 0 Å². The van der Waals surface area contributed by atoms with E-state index < -0.39 is 80.4 Å². The van der Waals surface area contributed by atoms with E-state index in [0.29, 0.717) is 0 Å². The van der Waals surface area contributed by atoms with E-state index >= 15 is 0 Å². The first-order valence-corrected chi connectivity index (χ1v) is 8.14. The smallest absolute Gasteiger partial charge is 0.217 e. The standard InChI is InChI=1S/C14H26N2O10/c1-4(19)16-8-11(22)12(6(3-18)24-13(8)23)26-14-7(15)10(21)9(20)5(2-17)25-14/h5-14,17-18,20-23H,2-3,15H2,1H3,(H,16,19)/t5-,6-,7-,8-,9-,10-,11-,12-,13+,14+/m1/s1. The number of aliphatic hydroxyl groups excluding tert-OH is 6. The van der Waals surface area contributed by atoms with Crippen LogP contribution in [-0.4, -0.2) is 111 Å². The maximum absolute atomic E-state index is 11.3. The van der Waals surface area contributed by atoms with Crippen molar-refractivity contribution in [2.75, 3.05) is 13.2 Å². The van der Waals surface area contributed by atoms with E-state index in [9.17, 15) is 35.4 Å². The zero-order valence-electron chi connectivity index (χ0n) is 14.1. The summed E-state index contributed by atoms with van der Waals surface area (Å²) in [5.41, 5.74) is 5.78. The number of aliphatic hydroxyl groups is 6. The predicted octanol–water partition coefficient (Wildman–Crippen LogP) is -5.29. The number of nitrogens with one attached hydrogen (secondary N) is 1. The minimum atomic E-state index is -1.59. The van der Waals surface area contributed by atoms with Gasteiger partial charge in [0.2, 0.25) is 5.91 Å². The Morgan fingerprint density at radius 1 is 1.04 bits per heavy atom. The molecule has 0 saturated carbocycles. The summed E-state index contributed by atoms with van der Waals surface area (Å²) in [6.45, 7) is -0.0789. The van der Waals surface area contributed by atoms with Crippen LogP contribution in [0, 0.1) is 0 Å². The molecule has 2 aliphatic rings. The molecule has 0 unspecified atom stereocenters. The highest BCUT2D eigenvalue weighted by Crippen LogP contribution is 2.28. The van der Waals surface area contributed by atoms with Gasteiger partial charge in [-0.2, -0.15) is 0 Å². The zero-order chi connectivity index (χ0) is 19.6. The third-order valence-electron chi connectivity index (χ3n) is 4.46. The molecular formula is C14H26N2O10. The van der Waals surface area contributed by atoms with Gasteiger partial charge in [-0.1, -0.05) is 0 Å². The van der Waals surface area contributed by atoms with Gasteiger partial charge in [-0.05, 0) is 0 Å². The molecule has 12 heteroatoms. The van der Waals surface area contributed by atoms with E-state index in [1.807, 2.05) is 0 Å². The van der Waals surface area contributed by atoms with Crippen molar-refractivity contribution >= 4 is 5.91 Å². The van der Waals surface area contributed by atoms with Crippen molar-refractivity contribution in [1.29, 1.82) is 0 Å². The van der Waals surface area contributed by atoms with Gasteiger partial charge in [0, 0.05) is 6.92 Å². The first-order chi connectivity index (χ1) is 12.2. The Kier molecular flexibility index (Phi) is 7.27. The first kappa shape index (κ1) is 21.4. The Morgan fingerprint density at radius 2 is 1.65 bits per heavy atom. The molecule has 0 bridgehead atoms. The highest BCUT2D eigenvalue weighted by Gasteiger charge is 2.50. The lowest BCUT2D eigenvalue weighted by Crippen LogP contribution is -2.68. The quantitative estimate of drug-likeness (QED) is 0.225. The van der Waals surface area contributed by atoms with Crippen LogP contribution >= 0.6 is 0 Å². The van der Waals surface area contributed by atoms with Crippen LogP contribution in [0.4, 0.5) is 0 Å². The van der Waals surface area contributed by atoms with E-state index in [1.54, 1.807) is 0 Å². The summed E-state index contributed by atoms with van der Waals surface area (Å²) in [5.74, 6) is -0.539. The van der Waals surface area contributed by atoms with Gasteiger partial charge in [0.05, 0.1) is 19.3 Å². The fraction of sp³-hybridized carbons (Fsp3) is 0.929. The second-order valence-electron chi connectivity index (χ2n) is 6.35. The van der Waals surface area contributed by atoms with Gasteiger partial charge in [-0.3, -0.25) is 4.79 Å². The molecule has 0 aliphatic carbocycles. The summed E-state index contributed by atoms with van der Waals surface area (Å²) < 4.78 is 16.0. The third-order valence-corrected chi connectivity index (χ3v) is 4.46. The van der Waals surface area contributed by atoms with Crippen LogP contribution in [0.1, 0.15) is 6.92 Å². The first-order valence-electron chi connectivity index (χ1n) is 8.14. The third kappa shape index (κ3) is 4.31. The molecule has 12 nitrogen and oxygen atoms in total. The molecule has 2 fully saturated rings. The van der Waals surface area contributed by atoms with Crippen LogP contribution in [0.2, 0.25) is 0 Å². The van der Waals surface area contributed by atoms with Crippen molar-refractivity contribution in [3.8, 4) is 0 Å². The Hall–Kier alpha value is -0.930. The Bertz CT molecular complexity index is 481. The largest absolute Gasteiger partial charge is 0.394 e. The van der Waals surface area contributed by atoms with Gasteiger partial charge < -0.3 is 55.9 Å². The number of rotatable bonds is 5. The molecule has 2 heterocycles. The van der Waals surface area contributed by atoms with E-state index in [2.05, 4.69) is 5.32 Å². The maximum atomic E-state index is 11.3. The van der Waals surface area contributed by atoms with Crippen molar-refractivity contribution < 1.29 is 49.6 Å². The molecule has 26 heavy (non-hydrogen) atoms. The van der Waals surface area contributed by atoms with E-state index in [4.69, 9.17) is 19.9 Å². The Morgan fingerprint density at radius 3 is 2.19 bits per heavy atom. The average Bonchev–Trinajstić information content (AvgIpc) is 2.60. The highest BCUT2D eigenvalue weighted by atomic mass is 16.7. The summed E-state index contributed by atoms with van der Waals surface area (Å²) in [6.07, 6.45) is -11.0. The molecular weight excluding hydrogens is 356 g/mol. The van der Waals surface area contributed by atoms with Gasteiger partial charge in [0.1, 0.15) is 42.7 Å². The second kappa shape index (κ2) is 8.84. The molecule has 0 spiro atoms. The summed E-state index contributed by atoms with van der Waals surface area (Å²) >= 11 is 0. The van der Waals surface area contributed by atoms with Crippen molar-refractivity contribution in [1.82, 2.24) is 5.32 Å². The lowest BCUT2D eigenvalue weighted by molar-refractivity contribution is -0.325. The van der Waals surface area contributed by atoms with Crippen molar-refractivity contribution in [3.63, 3.8) is 0 Å². The van der Waals surface area contributed by atoms with Gasteiger partial charge >= 0.3 is 0 Å². The van der Waals surface area contributed by atoms with Crippen LogP contribution in [-0.2, 0) is 19.0 Å². The van der Waals surface area contributed by atoms with Crippen LogP contribution in [0.15, 0.2) is 0 Å². The van der Waals surface area contributed by atoms with Crippen molar-refractivity contribution in [3.05, 3.63) is 0 Å². The lowest BCUT2D eigenvalue weighted by Gasteiger charge is -2.46. The molecule has 2 saturated heterocycles. The zero-order valence-corrected chi connectivity index (χ0v) is 14.1. The van der Waals surface area contributed by atoms with Crippen LogP contribution in [0.25, 0.3) is 0 Å². The van der Waals surface area contributed by atoms with E-state index in [-0.39, 0.29) is 0 Å². The predicted molar refractivity (Wildman–Crippen MR) is 82.2 cm³/mol. The monoisotopic (exact) mass is 382 g/mol. The van der Waals surface area contributed by atoms with Gasteiger partial charge in [0.15, 0.2) is 12.6 Å². The normalized spacial score (nSPS) is 46.8. The number of carbonyl (C=O) groups excluding carboxylic acids is 1. The van der Waals surface area contributed by atoms with Crippen molar-refractivity contribution in [2.24, 2.45) is 5.73 Å². The van der Waals surface area contributed by atoms with E-state index in [0.717, 1.165) is 0 Å². The Balaban J connectivity index is 2.16. The molecule has 9 N–H and O–H groups in total. The molecule has 0 radical (unpaired) electrons. The molecule has 10 atom stereocenters. The molecule has 2 rings (SSSR count). The molecule has 1 amide bonds. The van der Waals surface area contributed by atoms with Gasteiger partial charge in [-0.25, -0.2) is 0 Å². The van der Waals surface area contributed by atoms with Crippen LogP contribution < -0.4 is 11.1 Å². The number of hydrogen-bond acceptors (Lipinski definition) is 11. The molecule has 2 aliphatic heterocycles. The fourth-order valence-corrected chi connectivity index (χ4v) is 3.02. The number of amides is 1. The topological polar surface area (TPSA) is 204 Å².